The normalized spacial score (nSPS) is 25.2. The molecule has 2 fully saturated rings. The van der Waals surface area contributed by atoms with E-state index in [1.54, 1.807) is 13.8 Å². The lowest BCUT2D eigenvalue weighted by Crippen LogP contribution is -2.61. The highest BCUT2D eigenvalue weighted by Gasteiger charge is 2.44. The van der Waals surface area contributed by atoms with Gasteiger partial charge in [0, 0.05) is 17.6 Å². The number of carbonyl (C=O) groups is 4. The van der Waals surface area contributed by atoms with Crippen molar-refractivity contribution in [2.75, 3.05) is 6.54 Å². The van der Waals surface area contributed by atoms with Gasteiger partial charge < -0.3 is 20.8 Å². The van der Waals surface area contributed by atoms with Gasteiger partial charge >= 0.3 is 5.97 Å². The van der Waals surface area contributed by atoms with Gasteiger partial charge in [0.15, 0.2) is 0 Å². The first-order valence-electron chi connectivity index (χ1n) is 16.0. The first kappa shape index (κ1) is 34.1. The van der Waals surface area contributed by atoms with E-state index in [2.05, 4.69) is 23.0 Å². The molecule has 1 saturated carbocycles. The largest absolute Gasteiger partial charge is 0.480 e. The van der Waals surface area contributed by atoms with Gasteiger partial charge in [-0.2, -0.15) is 0 Å². The summed E-state index contributed by atoms with van der Waals surface area (Å²) < 4.78 is 0. The summed E-state index contributed by atoms with van der Waals surface area (Å²) in [5.74, 6) is -2.58. The van der Waals surface area contributed by atoms with E-state index in [-0.39, 0.29) is 11.8 Å². The summed E-state index contributed by atoms with van der Waals surface area (Å²) in [6, 6.07) is 7.32. The number of carboxylic acid groups (broad SMARTS) is 1. The Labute approximate surface area is 264 Å². The lowest BCUT2D eigenvalue weighted by Gasteiger charge is -2.41. The number of aryl methyl sites for hydroxylation is 1. The molecular weight excluding hydrogens is 574 g/mol. The third kappa shape index (κ3) is 8.26. The number of aromatic nitrogens is 1. The van der Waals surface area contributed by atoms with E-state index in [4.69, 9.17) is 4.98 Å². The average molecular weight is 622 g/mol. The number of benzene rings is 1. The fourth-order valence-electron chi connectivity index (χ4n) is 5.98. The van der Waals surface area contributed by atoms with E-state index in [1.807, 2.05) is 56.3 Å². The number of hydrogen-bond acceptors (Lipinski definition) is 7. The minimum Gasteiger partial charge on any atom is -0.480 e. The zero-order valence-corrected chi connectivity index (χ0v) is 26.9. The molecule has 45 heavy (non-hydrogen) atoms. The quantitative estimate of drug-likeness (QED) is 0.270. The van der Waals surface area contributed by atoms with Crippen molar-refractivity contribution in [1.29, 1.82) is 0 Å². The molecular formula is C34H47N5O6. The smallest absolute Gasteiger partial charge is 0.322 e. The topological polar surface area (TPSA) is 161 Å². The van der Waals surface area contributed by atoms with Crippen LogP contribution in [0.1, 0.15) is 84.4 Å². The van der Waals surface area contributed by atoms with Crippen LogP contribution in [0.15, 0.2) is 36.4 Å². The summed E-state index contributed by atoms with van der Waals surface area (Å²) in [5, 5.41) is 28.0. The van der Waals surface area contributed by atoms with Crippen LogP contribution >= 0.6 is 0 Å². The molecule has 1 aromatic carbocycles. The van der Waals surface area contributed by atoms with Gasteiger partial charge in [-0.25, -0.2) is 5.43 Å². The number of nitrogens with zero attached hydrogens (tertiary/aromatic N) is 2. The second kappa shape index (κ2) is 14.1. The predicted octanol–water partition coefficient (Wildman–Crippen LogP) is 3.35. The number of amides is 3. The van der Waals surface area contributed by atoms with Crippen LogP contribution in [-0.4, -0.2) is 74.2 Å². The van der Waals surface area contributed by atoms with E-state index in [0.717, 1.165) is 28.6 Å². The fourth-order valence-corrected chi connectivity index (χ4v) is 5.98. The first-order chi connectivity index (χ1) is 21.2. The Morgan fingerprint density at radius 1 is 1.09 bits per heavy atom. The molecule has 3 amide bonds. The van der Waals surface area contributed by atoms with E-state index in [9.17, 15) is 29.4 Å². The van der Waals surface area contributed by atoms with E-state index < -0.39 is 46.9 Å². The molecule has 1 aromatic heterocycles. The molecule has 4 rings (SSSR count). The van der Waals surface area contributed by atoms with Crippen LogP contribution in [0.25, 0.3) is 17.0 Å². The van der Waals surface area contributed by atoms with Gasteiger partial charge in [-0.05, 0) is 82.4 Å². The number of aliphatic hydroxyl groups is 1. The van der Waals surface area contributed by atoms with Gasteiger partial charge in [0.2, 0.25) is 11.8 Å². The lowest BCUT2D eigenvalue weighted by atomic mass is 9.68. The van der Waals surface area contributed by atoms with Crippen molar-refractivity contribution >= 4 is 40.7 Å². The van der Waals surface area contributed by atoms with Gasteiger partial charge in [0.1, 0.15) is 18.1 Å². The van der Waals surface area contributed by atoms with Crippen molar-refractivity contribution in [3.8, 4) is 0 Å². The molecule has 11 nitrogen and oxygen atoms in total. The van der Waals surface area contributed by atoms with Crippen molar-refractivity contribution in [1.82, 2.24) is 26.1 Å². The Bertz CT molecular complexity index is 1440. The summed E-state index contributed by atoms with van der Waals surface area (Å²) in [5.41, 5.74) is 3.66. The molecule has 5 N–H and O–H groups in total. The molecule has 0 unspecified atom stereocenters. The first-order valence-corrected chi connectivity index (χ1v) is 16.0. The van der Waals surface area contributed by atoms with Gasteiger partial charge in [-0.1, -0.05) is 51.1 Å². The Balaban J connectivity index is 1.51. The highest BCUT2D eigenvalue weighted by atomic mass is 16.4. The number of carbonyl (C=O) groups excluding carboxylic acids is 3. The second-order valence-electron chi connectivity index (χ2n) is 13.2. The summed E-state index contributed by atoms with van der Waals surface area (Å²) >= 11 is 0. The zero-order valence-electron chi connectivity index (χ0n) is 26.9. The van der Waals surface area contributed by atoms with Crippen LogP contribution in [0, 0.1) is 11.3 Å². The third-order valence-corrected chi connectivity index (χ3v) is 9.12. The average Bonchev–Trinajstić information content (AvgIpc) is 3.02. The fraction of sp³-hybridized carbons (Fsp3) is 0.559. The maximum Gasteiger partial charge on any atom is 0.322 e. The highest BCUT2D eigenvalue weighted by Crippen LogP contribution is 2.43. The van der Waals surface area contributed by atoms with E-state index >= 15 is 0 Å². The molecule has 1 saturated heterocycles. The van der Waals surface area contributed by atoms with Crippen LogP contribution in [-0.2, 0) is 25.6 Å². The maximum atomic E-state index is 14.1. The van der Waals surface area contributed by atoms with Crippen molar-refractivity contribution in [2.45, 2.75) is 103 Å². The lowest BCUT2D eigenvalue weighted by molar-refractivity contribution is -0.148. The third-order valence-electron chi connectivity index (χ3n) is 9.12. The van der Waals surface area contributed by atoms with Crippen molar-refractivity contribution < 1.29 is 29.4 Å². The molecule has 0 bridgehead atoms. The van der Waals surface area contributed by atoms with Crippen LogP contribution < -0.4 is 16.1 Å². The Morgan fingerprint density at radius 3 is 2.42 bits per heavy atom. The summed E-state index contributed by atoms with van der Waals surface area (Å²) in [6.45, 7) is 9.35. The standard InChI is InChI=1S/C34H47N5O6/c1-6-25-12-11-24-10-9-23(20-27(24)36-25)13-14-34(17-15-33(5,45)16-18-34)32(44)37-28(21(2)3)29(40)35-22(4)30(41)39-19-7-8-26(38-39)31(42)43/h9-14,20-22,26,28,38,45H,6-8,15-19H2,1-5H3,(H,35,40)(H,37,44)(H,42,43)/b14-13+/t22-,26-,28-,33-,34+/m0/s1. The van der Waals surface area contributed by atoms with E-state index in [0.29, 0.717) is 45.1 Å². The van der Waals surface area contributed by atoms with Crippen LogP contribution in [0.4, 0.5) is 0 Å². The predicted molar refractivity (Wildman–Crippen MR) is 172 cm³/mol. The molecule has 1 aliphatic carbocycles. The molecule has 0 radical (unpaired) electrons. The molecule has 2 heterocycles. The number of nitrogens with one attached hydrogen (secondary N) is 3. The van der Waals surface area contributed by atoms with Crippen LogP contribution in [0.2, 0.25) is 0 Å². The molecule has 11 heteroatoms. The molecule has 0 spiro atoms. The van der Waals surface area contributed by atoms with Crippen LogP contribution in [0.5, 0.6) is 0 Å². The minimum atomic E-state index is -1.04. The van der Waals surface area contributed by atoms with Crippen LogP contribution in [0.3, 0.4) is 0 Å². The Morgan fingerprint density at radius 2 is 1.78 bits per heavy atom. The summed E-state index contributed by atoms with van der Waals surface area (Å²) in [7, 11) is 0. The number of hydrazine groups is 1. The van der Waals surface area contributed by atoms with Crippen molar-refractivity contribution in [2.24, 2.45) is 11.3 Å². The molecule has 2 aromatic rings. The Hall–Kier alpha value is -3.83. The molecule has 2 aliphatic rings. The summed E-state index contributed by atoms with van der Waals surface area (Å²) in [6.07, 6.45) is 7.23. The monoisotopic (exact) mass is 621 g/mol. The minimum absolute atomic E-state index is 0.284. The summed E-state index contributed by atoms with van der Waals surface area (Å²) in [4.78, 5) is 56.7. The van der Waals surface area contributed by atoms with E-state index in [1.165, 1.54) is 5.01 Å². The molecule has 244 valence electrons. The van der Waals surface area contributed by atoms with Crippen molar-refractivity contribution in [3.63, 3.8) is 0 Å². The Kier molecular flexibility index (Phi) is 10.7. The number of aliphatic carboxylic acids is 1. The van der Waals surface area contributed by atoms with Gasteiger partial charge in [-0.3, -0.25) is 29.2 Å². The van der Waals surface area contributed by atoms with Gasteiger partial charge in [-0.15, -0.1) is 0 Å². The maximum absolute atomic E-state index is 14.1. The number of fused-ring (bicyclic) bond motifs is 1. The number of carboxylic acids is 1. The molecule has 3 atom stereocenters. The van der Waals surface area contributed by atoms with Crippen molar-refractivity contribution in [3.05, 3.63) is 47.7 Å². The number of pyridine rings is 1. The second-order valence-corrected chi connectivity index (χ2v) is 13.2. The van der Waals surface area contributed by atoms with Gasteiger partial charge in [0.25, 0.3) is 5.91 Å². The molecule has 1 aliphatic heterocycles. The SMILES string of the molecule is CCc1ccc2ccc(/C=C/[C@]3(C(=O)N[C@H](C(=O)N[C@@H](C)C(=O)N4CCC[C@@H](C(=O)O)N4)C(C)C)CC[C@@](C)(O)CC3)cc2n1. The number of hydrogen-bond donors (Lipinski definition) is 5. The zero-order chi connectivity index (χ0) is 32.9. The number of rotatable bonds is 10. The highest BCUT2D eigenvalue weighted by molar-refractivity contribution is 5.94. The van der Waals surface area contributed by atoms with Gasteiger partial charge in [0.05, 0.1) is 16.5 Å².